The van der Waals surface area contributed by atoms with Crippen molar-refractivity contribution in [3.63, 3.8) is 0 Å². The number of esters is 1. The van der Waals surface area contributed by atoms with Gasteiger partial charge in [-0.2, -0.15) is 0 Å². The van der Waals surface area contributed by atoms with Crippen LogP contribution in [0.5, 0.6) is 0 Å². The van der Waals surface area contributed by atoms with E-state index in [0.717, 1.165) is 0 Å². The van der Waals surface area contributed by atoms with Crippen molar-refractivity contribution in [3.8, 4) is 0 Å². The molecule has 0 atom stereocenters. The van der Waals surface area contributed by atoms with Crippen LogP contribution in [0, 0.1) is 5.21 Å². The molecule has 0 aliphatic carbocycles. The first-order valence-corrected chi connectivity index (χ1v) is 3.19. The summed E-state index contributed by atoms with van der Waals surface area (Å²) in [5, 5.41) is 10.9. The molecule has 0 amide bonds. The third-order valence-electron chi connectivity index (χ3n) is 0.855. The van der Waals surface area contributed by atoms with Crippen molar-refractivity contribution >= 4 is 5.97 Å². The molecular formula is C7H13NO3. The van der Waals surface area contributed by atoms with Gasteiger partial charge in [0.2, 0.25) is 6.73 Å². The summed E-state index contributed by atoms with van der Waals surface area (Å²) in [6.45, 7) is 4.73. The van der Waals surface area contributed by atoms with Crippen molar-refractivity contribution in [3.05, 3.63) is 17.4 Å². The summed E-state index contributed by atoms with van der Waals surface area (Å²) in [6.07, 6.45) is 0. The van der Waals surface area contributed by atoms with Gasteiger partial charge in [-0.15, -0.1) is 0 Å². The Kier molecular flexibility index (Phi) is 3.22. The van der Waals surface area contributed by atoms with E-state index in [-0.39, 0.29) is 6.73 Å². The Hall–Kier alpha value is -0.870. The molecule has 0 aliphatic rings. The Morgan fingerprint density at radius 2 is 2.09 bits per heavy atom. The SMILES string of the molecule is C=C(C)C(=O)OC[N+](C)(C)[O-]. The molecule has 0 radical (unpaired) electrons. The van der Waals surface area contributed by atoms with Crippen molar-refractivity contribution in [2.24, 2.45) is 0 Å². The van der Waals surface area contributed by atoms with E-state index in [2.05, 4.69) is 11.3 Å². The van der Waals surface area contributed by atoms with E-state index in [1.165, 1.54) is 21.0 Å². The van der Waals surface area contributed by atoms with E-state index in [0.29, 0.717) is 5.57 Å². The largest absolute Gasteiger partial charge is 0.631 e. The summed E-state index contributed by atoms with van der Waals surface area (Å²) in [7, 11) is 2.79. The molecule has 0 spiro atoms. The van der Waals surface area contributed by atoms with Crippen LogP contribution < -0.4 is 0 Å². The highest BCUT2D eigenvalue weighted by atomic mass is 16.6. The van der Waals surface area contributed by atoms with Crippen molar-refractivity contribution in [2.75, 3.05) is 20.8 Å². The van der Waals surface area contributed by atoms with E-state index in [1.807, 2.05) is 0 Å². The van der Waals surface area contributed by atoms with Crippen LogP contribution >= 0.6 is 0 Å². The molecule has 0 rings (SSSR count). The van der Waals surface area contributed by atoms with Crippen LogP contribution in [-0.4, -0.2) is 31.4 Å². The minimum absolute atomic E-state index is 0.175. The second-order valence-electron chi connectivity index (χ2n) is 2.92. The number of ether oxygens (including phenoxy) is 1. The first-order chi connectivity index (χ1) is 4.83. The molecule has 0 aromatic heterocycles. The fraction of sp³-hybridized carbons (Fsp3) is 0.571. The zero-order valence-electron chi connectivity index (χ0n) is 7.09. The molecule has 4 heteroatoms. The number of hydrogen-bond donors (Lipinski definition) is 0. The Balaban J connectivity index is 3.73. The molecule has 0 saturated carbocycles. The average Bonchev–Trinajstić information content (AvgIpc) is 1.80. The van der Waals surface area contributed by atoms with Gasteiger partial charge < -0.3 is 14.6 Å². The van der Waals surface area contributed by atoms with E-state index >= 15 is 0 Å². The van der Waals surface area contributed by atoms with Gasteiger partial charge in [-0.3, -0.25) is 0 Å². The minimum Gasteiger partial charge on any atom is -0.631 e. The summed E-state index contributed by atoms with van der Waals surface area (Å²) in [4.78, 5) is 10.7. The lowest BCUT2D eigenvalue weighted by molar-refractivity contribution is -0.858. The van der Waals surface area contributed by atoms with Gasteiger partial charge in [-0.05, 0) is 6.92 Å². The van der Waals surface area contributed by atoms with Crippen LogP contribution in [0.4, 0.5) is 0 Å². The van der Waals surface area contributed by atoms with Crippen molar-refractivity contribution < 1.29 is 14.2 Å². The Morgan fingerprint density at radius 3 is 2.36 bits per heavy atom. The third-order valence-corrected chi connectivity index (χ3v) is 0.855. The summed E-state index contributed by atoms with van der Waals surface area (Å²) < 4.78 is 3.95. The maximum absolute atomic E-state index is 10.9. The number of rotatable bonds is 3. The third kappa shape index (κ3) is 5.57. The van der Waals surface area contributed by atoms with Crippen molar-refractivity contribution in [1.29, 1.82) is 0 Å². The maximum Gasteiger partial charge on any atom is 0.337 e. The van der Waals surface area contributed by atoms with Gasteiger partial charge >= 0.3 is 5.97 Å². The van der Waals surface area contributed by atoms with Gasteiger partial charge in [-0.1, -0.05) is 6.58 Å². The standard InChI is InChI=1S/C7H13NO3/c1-6(2)7(9)11-5-8(3,4)10/h1,5H2,2-4H3. The zero-order chi connectivity index (χ0) is 9.07. The molecule has 0 N–H and O–H groups in total. The van der Waals surface area contributed by atoms with Gasteiger partial charge in [0.1, 0.15) is 0 Å². The molecule has 0 aromatic rings. The maximum atomic E-state index is 10.9. The molecule has 4 nitrogen and oxygen atoms in total. The summed E-state index contributed by atoms with van der Waals surface area (Å²) in [5.74, 6) is -0.521. The molecule has 11 heavy (non-hydrogen) atoms. The van der Waals surface area contributed by atoms with E-state index < -0.39 is 10.6 Å². The number of nitrogens with zero attached hydrogens (tertiary/aromatic N) is 1. The molecule has 0 unspecified atom stereocenters. The van der Waals surface area contributed by atoms with Crippen molar-refractivity contribution in [1.82, 2.24) is 0 Å². The van der Waals surface area contributed by atoms with Gasteiger partial charge in [-0.25, -0.2) is 4.79 Å². The number of carbonyl (C=O) groups is 1. The fourth-order valence-corrected chi connectivity index (χ4v) is 0.337. The molecule has 0 heterocycles. The minimum atomic E-state index is -0.640. The monoisotopic (exact) mass is 159 g/mol. The highest BCUT2D eigenvalue weighted by Gasteiger charge is 2.07. The van der Waals surface area contributed by atoms with Crippen LogP contribution in [0.1, 0.15) is 6.92 Å². The second-order valence-corrected chi connectivity index (χ2v) is 2.92. The lowest BCUT2D eigenvalue weighted by Gasteiger charge is -2.32. The lowest BCUT2D eigenvalue weighted by Crippen LogP contribution is -2.35. The Bertz CT molecular complexity index is 169. The molecule has 0 aliphatic heterocycles. The summed E-state index contributed by atoms with van der Waals surface area (Å²) >= 11 is 0. The van der Waals surface area contributed by atoms with Gasteiger partial charge in [0.15, 0.2) is 0 Å². The van der Waals surface area contributed by atoms with E-state index in [1.54, 1.807) is 0 Å². The number of hydrogen-bond acceptors (Lipinski definition) is 3. The topological polar surface area (TPSA) is 49.4 Å². The highest BCUT2D eigenvalue weighted by molar-refractivity contribution is 5.86. The smallest absolute Gasteiger partial charge is 0.337 e. The lowest BCUT2D eigenvalue weighted by atomic mass is 10.4. The second kappa shape index (κ2) is 3.50. The van der Waals surface area contributed by atoms with Gasteiger partial charge in [0, 0.05) is 5.57 Å². The van der Waals surface area contributed by atoms with Crippen LogP contribution in [-0.2, 0) is 9.53 Å². The van der Waals surface area contributed by atoms with Crippen LogP contribution in [0.15, 0.2) is 12.2 Å². The average molecular weight is 159 g/mol. The van der Waals surface area contributed by atoms with Crippen LogP contribution in [0.3, 0.4) is 0 Å². The van der Waals surface area contributed by atoms with Crippen molar-refractivity contribution in [2.45, 2.75) is 6.92 Å². The quantitative estimate of drug-likeness (QED) is 0.199. The normalized spacial score (nSPS) is 10.9. The number of quaternary nitrogens is 1. The number of hydroxylamine groups is 3. The Morgan fingerprint density at radius 1 is 1.64 bits per heavy atom. The summed E-state index contributed by atoms with van der Waals surface area (Å²) in [6, 6.07) is 0. The predicted octanol–water partition coefficient (Wildman–Crippen LogP) is 0.637. The molecular weight excluding hydrogens is 146 g/mol. The van der Waals surface area contributed by atoms with Crippen LogP contribution in [0.2, 0.25) is 0 Å². The molecule has 0 saturated heterocycles. The van der Waals surface area contributed by atoms with Gasteiger partial charge in [0.05, 0.1) is 14.1 Å². The highest BCUT2D eigenvalue weighted by Crippen LogP contribution is 1.97. The first kappa shape index (κ1) is 10.1. The number of carbonyl (C=O) groups excluding carboxylic acids is 1. The molecule has 64 valence electrons. The van der Waals surface area contributed by atoms with Crippen LogP contribution in [0.25, 0.3) is 0 Å². The molecule has 0 aromatic carbocycles. The molecule has 0 fully saturated rings. The zero-order valence-corrected chi connectivity index (χ0v) is 7.09. The van der Waals surface area contributed by atoms with E-state index in [9.17, 15) is 10.0 Å². The summed E-state index contributed by atoms with van der Waals surface area (Å²) in [5.41, 5.74) is 0.304. The Labute approximate surface area is 66.2 Å². The predicted molar refractivity (Wildman–Crippen MR) is 41.2 cm³/mol. The first-order valence-electron chi connectivity index (χ1n) is 3.19. The van der Waals surface area contributed by atoms with Gasteiger partial charge in [0.25, 0.3) is 0 Å². The molecule has 0 bridgehead atoms. The van der Waals surface area contributed by atoms with E-state index in [4.69, 9.17) is 0 Å². The fourth-order valence-electron chi connectivity index (χ4n) is 0.337.